The Morgan fingerprint density at radius 1 is 1.10 bits per heavy atom. The third-order valence-electron chi connectivity index (χ3n) is 5.41. The van der Waals surface area contributed by atoms with Gasteiger partial charge in [0.25, 0.3) is 0 Å². The Kier molecular flexibility index (Phi) is 9.78. The third kappa shape index (κ3) is 8.78. The highest BCUT2D eigenvalue weighted by molar-refractivity contribution is 6.32. The van der Waals surface area contributed by atoms with Crippen molar-refractivity contribution >= 4 is 29.0 Å². The first-order chi connectivity index (χ1) is 19.0. The van der Waals surface area contributed by atoms with Gasteiger partial charge in [0.2, 0.25) is 5.91 Å². The average molecular weight is 545 g/mol. The molecule has 1 amide bonds. The molecule has 10 heteroatoms. The van der Waals surface area contributed by atoms with Crippen LogP contribution >= 0.6 is 11.6 Å². The van der Waals surface area contributed by atoms with Crippen molar-refractivity contribution in [3.05, 3.63) is 107 Å². The first-order valence-corrected chi connectivity index (χ1v) is 12.5. The Bertz CT molecular complexity index is 1500. The molecule has 0 aliphatic rings. The number of aromatic nitrogens is 3. The fourth-order valence-corrected chi connectivity index (χ4v) is 3.76. The van der Waals surface area contributed by atoms with E-state index in [1.54, 1.807) is 36.5 Å². The highest BCUT2D eigenvalue weighted by atomic mass is 35.5. The molecule has 0 fully saturated rings. The number of primary amides is 1. The van der Waals surface area contributed by atoms with Crippen molar-refractivity contribution in [2.75, 3.05) is 11.9 Å². The zero-order valence-corrected chi connectivity index (χ0v) is 21.7. The molecule has 198 valence electrons. The van der Waals surface area contributed by atoms with E-state index in [9.17, 15) is 9.18 Å². The van der Waals surface area contributed by atoms with E-state index >= 15 is 0 Å². The Morgan fingerprint density at radius 2 is 1.97 bits per heavy atom. The molecule has 8 nitrogen and oxygen atoms in total. The number of benzene rings is 2. The Balaban J connectivity index is 1.39. The average Bonchev–Trinajstić information content (AvgIpc) is 2.92. The van der Waals surface area contributed by atoms with E-state index in [1.807, 2.05) is 18.2 Å². The van der Waals surface area contributed by atoms with Crippen LogP contribution in [0.5, 0.6) is 5.75 Å². The number of amides is 1. The van der Waals surface area contributed by atoms with Crippen molar-refractivity contribution in [3.8, 4) is 17.6 Å². The van der Waals surface area contributed by atoms with E-state index in [1.165, 1.54) is 18.5 Å². The number of rotatable bonds is 11. The van der Waals surface area contributed by atoms with Crippen LogP contribution in [0.3, 0.4) is 0 Å². The quantitative estimate of drug-likeness (QED) is 0.184. The zero-order chi connectivity index (χ0) is 27.5. The van der Waals surface area contributed by atoms with E-state index in [0.717, 1.165) is 5.69 Å². The fraction of sp³-hybridized carbons (Fsp3) is 0.172. The van der Waals surface area contributed by atoms with Gasteiger partial charge in [-0.05, 0) is 66.9 Å². The van der Waals surface area contributed by atoms with Crippen molar-refractivity contribution in [3.63, 3.8) is 0 Å². The molecule has 0 atom stereocenters. The maximum absolute atomic E-state index is 13.4. The molecule has 0 saturated carbocycles. The molecular formula is C29H26ClFN6O2. The summed E-state index contributed by atoms with van der Waals surface area (Å²) in [5.74, 6) is 6.49. The van der Waals surface area contributed by atoms with Crippen molar-refractivity contribution in [1.82, 2.24) is 20.3 Å². The van der Waals surface area contributed by atoms with Gasteiger partial charge in [-0.3, -0.25) is 4.79 Å². The van der Waals surface area contributed by atoms with Gasteiger partial charge in [-0.15, -0.1) is 0 Å². The summed E-state index contributed by atoms with van der Waals surface area (Å²) in [6, 6.07) is 17.1. The molecule has 0 saturated heterocycles. The summed E-state index contributed by atoms with van der Waals surface area (Å²) in [5, 5.41) is 6.84. The van der Waals surface area contributed by atoms with Gasteiger partial charge in [0, 0.05) is 24.8 Å². The number of nitrogens with one attached hydrogen (secondary N) is 2. The number of ether oxygens (including phenoxy) is 1. The summed E-state index contributed by atoms with van der Waals surface area (Å²) in [5.41, 5.74) is 8.56. The number of nitrogens with zero attached hydrogens (tertiary/aromatic N) is 3. The molecule has 2 heterocycles. The van der Waals surface area contributed by atoms with Gasteiger partial charge in [0.15, 0.2) is 0 Å². The largest absolute Gasteiger partial charge is 0.487 e. The number of nitrogens with two attached hydrogens (primary N) is 1. The van der Waals surface area contributed by atoms with Gasteiger partial charge >= 0.3 is 0 Å². The lowest BCUT2D eigenvalue weighted by atomic mass is 10.2. The smallest absolute Gasteiger partial charge is 0.217 e. The van der Waals surface area contributed by atoms with Crippen LogP contribution in [-0.2, 0) is 17.9 Å². The van der Waals surface area contributed by atoms with E-state index < -0.39 is 0 Å². The second kappa shape index (κ2) is 13.9. The van der Waals surface area contributed by atoms with Crippen LogP contribution < -0.4 is 21.1 Å². The van der Waals surface area contributed by atoms with E-state index in [0.29, 0.717) is 65.0 Å². The third-order valence-corrected chi connectivity index (χ3v) is 5.70. The molecule has 0 aliphatic carbocycles. The first kappa shape index (κ1) is 27.5. The normalized spacial score (nSPS) is 10.4. The molecule has 0 radical (unpaired) electrons. The zero-order valence-electron chi connectivity index (χ0n) is 21.0. The van der Waals surface area contributed by atoms with Crippen LogP contribution in [0.15, 0.2) is 73.2 Å². The lowest BCUT2D eigenvalue weighted by Crippen LogP contribution is -2.18. The SMILES string of the molecule is NC(=O)CCCNCc1cccc(C#Cc2cncnc2Nc2ccc(OCc3cccc(F)c3)c(Cl)c2)n1. The maximum atomic E-state index is 13.4. The second-order valence-electron chi connectivity index (χ2n) is 8.48. The molecule has 0 bridgehead atoms. The van der Waals surface area contributed by atoms with Crippen LogP contribution in [-0.4, -0.2) is 27.4 Å². The van der Waals surface area contributed by atoms with Crippen LogP contribution in [0.2, 0.25) is 5.02 Å². The van der Waals surface area contributed by atoms with Crippen molar-refractivity contribution in [2.45, 2.75) is 26.0 Å². The van der Waals surface area contributed by atoms with Crippen LogP contribution in [0.4, 0.5) is 15.9 Å². The molecule has 39 heavy (non-hydrogen) atoms. The molecule has 4 aromatic rings. The van der Waals surface area contributed by atoms with E-state index in [-0.39, 0.29) is 18.3 Å². The van der Waals surface area contributed by atoms with Crippen LogP contribution in [0.25, 0.3) is 0 Å². The van der Waals surface area contributed by atoms with Gasteiger partial charge in [-0.25, -0.2) is 19.3 Å². The highest BCUT2D eigenvalue weighted by Gasteiger charge is 2.08. The minimum Gasteiger partial charge on any atom is -0.487 e. The van der Waals surface area contributed by atoms with E-state index in [4.69, 9.17) is 22.1 Å². The summed E-state index contributed by atoms with van der Waals surface area (Å²) in [4.78, 5) is 23.8. The van der Waals surface area contributed by atoms with Crippen LogP contribution in [0, 0.1) is 17.7 Å². The minimum absolute atomic E-state index is 0.191. The summed E-state index contributed by atoms with van der Waals surface area (Å²) in [6.07, 6.45) is 4.07. The molecule has 0 aliphatic heterocycles. The lowest BCUT2D eigenvalue weighted by molar-refractivity contribution is -0.118. The van der Waals surface area contributed by atoms with Crippen molar-refractivity contribution < 1.29 is 13.9 Å². The Labute approximate surface area is 230 Å². The van der Waals surface area contributed by atoms with Gasteiger partial charge in [-0.1, -0.05) is 35.7 Å². The maximum Gasteiger partial charge on any atom is 0.217 e. The van der Waals surface area contributed by atoms with Crippen molar-refractivity contribution in [2.24, 2.45) is 5.73 Å². The number of carbonyl (C=O) groups is 1. The topological polar surface area (TPSA) is 115 Å². The number of carbonyl (C=O) groups excluding carboxylic acids is 1. The van der Waals surface area contributed by atoms with Gasteiger partial charge < -0.3 is 21.1 Å². The Morgan fingerprint density at radius 3 is 2.79 bits per heavy atom. The monoisotopic (exact) mass is 544 g/mol. The molecular weight excluding hydrogens is 519 g/mol. The second-order valence-corrected chi connectivity index (χ2v) is 8.89. The first-order valence-electron chi connectivity index (χ1n) is 12.2. The molecule has 0 unspecified atom stereocenters. The number of hydrogen-bond donors (Lipinski definition) is 3. The summed E-state index contributed by atoms with van der Waals surface area (Å²) >= 11 is 6.42. The molecule has 2 aromatic carbocycles. The standard InChI is InChI=1S/C29H26ClFN6O2/c30-26-15-24(11-12-27(26)39-18-20-4-1-5-22(31)14-20)37-29-21(16-34-19-35-29)9-10-23-6-2-7-25(36-23)17-33-13-3-8-28(32)38/h1-2,4-7,11-12,14-16,19,33H,3,8,13,17-18H2,(H2,32,38)(H,34,35,37). The molecule has 4 N–H and O–H groups in total. The number of pyridine rings is 1. The number of anilines is 2. The minimum atomic E-state index is -0.320. The lowest BCUT2D eigenvalue weighted by Gasteiger charge is -2.11. The van der Waals surface area contributed by atoms with Crippen molar-refractivity contribution in [1.29, 1.82) is 0 Å². The highest BCUT2D eigenvalue weighted by Crippen LogP contribution is 2.30. The van der Waals surface area contributed by atoms with Gasteiger partial charge in [-0.2, -0.15) is 0 Å². The molecule has 2 aromatic heterocycles. The number of halogens is 2. The predicted molar refractivity (Wildman–Crippen MR) is 148 cm³/mol. The van der Waals surface area contributed by atoms with Gasteiger partial charge in [0.05, 0.1) is 16.3 Å². The summed E-state index contributed by atoms with van der Waals surface area (Å²) in [6.45, 7) is 1.41. The molecule has 0 spiro atoms. The van der Waals surface area contributed by atoms with Gasteiger partial charge in [0.1, 0.15) is 36.0 Å². The van der Waals surface area contributed by atoms with E-state index in [2.05, 4.69) is 37.4 Å². The fourth-order valence-electron chi connectivity index (χ4n) is 3.52. The van der Waals surface area contributed by atoms with Crippen LogP contribution in [0.1, 0.15) is 35.4 Å². The molecule has 4 rings (SSSR count). The Hall–Kier alpha value is -4.52. The predicted octanol–water partition coefficient (Wildman–Crippen LogP) is 4.74. The number of hydrogen-bond acceptors (Lipinski definition) is 7. The summed E-state index contributed by atoms with van der Waals surface area (Å²) in [7, 11) is 0. The summed E-state index contributed by atoms with van der Waals surface area (Å²) < 4.78 is 19.1.